The van der Waals surface area contributed by atoms with Gasteiger partial charge in [0.2, 0.25) is 0 Å². The van der Waals surface area contributed by atoms with Gasteiger partial charge in [0.1, 0.15) is 0 Å². The SMILES string of the molecule is CCCCc1ccc(NS(=O)(=O)c2ccc(Cl)cc2)cc1. The van der Waals surface area contributed by atoms with E-state index in [-0.39, 0.29) is 4.90 Å². The number of aryl methyl sites for hydroxylation is 1. The number of nitrogens with one attached hydrogen (secondary N) is 1. The minimum Gasteiger partial charge on any atom is -0.280 e. The van der Waals surface area contributed by atoms with Gasteiger partial charge in [-0.25, -0.2) is 8.42 Å². The van der Waals surface area contributed by atoms with Crippen molar-refractivity contribution in [2.75, 3.05) is 4.72 Å². The second-order valence-electron chi connectivity index (χ2n) is 4.86. The number of benzene rings is 2. The summed E-state index contributed by atoms with van der Waals surface area (Å²) in [5.74, 6) is 0. The third-order valence-electron chi connectivity index (χ3n) is 3.15. The summed E-state index contributed by atoms with van der Waals surface area (Å²) < 4.78 is 27.0. The number of anilines is 1. The molecule has 3 nitrogen and oxygen atoms in total. The smallest absolute Gasteiger partial charge is 0.261 e. The molecule has 0 saturated carbocycles. The van der Waals surface area contributed by atoms with Crippen molar-refractivity contribution < 1.29 is 8.42 Å². The highest BCUT2D eigenvalue weighted by Gasteiger charge is 2.13. The van der Waals surface area contributed by atoms with Crippen LogP contribution in [0.1, 0.15) is 25.3 Å². The van der Waals surface area contributed by atoms with Crippen molar-refractivity contribution in [3.05, 3.63) is 59.1 Å². The average Bonchev–Trinajstić information content (AvgIpc) is 2.47. The summed E-state index contributed by atoms with van der Waals surface area (Å²) in [6.07, 6.45) is 3.29. The molecule has 0 saturated heterocycles. The highest BCUT2D eigenvalue weighted by Crippen LogP contribution is 2.19. The number of rotatable bonds is 6. The molecule has 0 fully saturated rings. The van der Waals surface area contributed by atoms with E-state index in [1.165, 1.54) is 17.7 Å². The van der Waals surface area contributed by atoms with Crippen LogP contribution in [0.5, 0.6) is 0 Å². The van der Waals surface area contributed by atoms with Crippen LogP contribution in [0.2, 0.25) is 5.02 Å². The molecule has 0 unspecified atom stereocenters. The summed E-state index contributed by atoms with van der Waals surface area (Å²) in [6.45, 7) is 2.15. The number of hydrogen-bond acceptors (Lipinski definition) is 2. The lowest BCUT2D eigenvalue weighted by Gasteiger charge is -2.09. The lowest BCUT2D eigenvalue weighted by atomic mass is 10.1. The zero-order valence-electron chi connectivity index (χ0n) is 11.8. The summed E-state index contributed by atoms with van der Waals surface area (Å²) in [4.78, 5) is 0.196. The van der Waals surface area contributed by atoms with E-state index in [9.17, 15) is 8.42 Å². The molecule has 0 aromatic heterocycles. The van der Waals surface area contributed by atoms with Crippen molar-refractivity contribution in [1.82, 2.24) is 0 Å². The first kappa shape index (κ1) is 15.9. The number of hydrogen-bond donors (Lipinski definition) is 1. The van der Waals surface area contributed by atoms with Crippen LogP contribution in [0.4, 0.5) is 5.69 Å². The van der Waals surface area contributed by atoms with Gasteiger partial charge < -0.3 is 0 Å². The Bertz CT molecular complexity index is 679. The van der Waals surface area contributed by atoms with Crippen molar-refractivity contribution in [3.8, 4) is 0 Å². The van der Waals surface area contributed by atoms with E-state index in [4.69, 9.17) is 11.6 Å². The van der Waals surface area contributed by atoms with Gasteiger partial charge in [-0.2, -0.15) is 0 Å². The molecular formula is C16H18ClNO2S. The zero-order chi connectivity index (χ0) is 15.3. The van der Waals surface area contributed by atoms with Gasteiger partial charge in [-0.3, -0.25) is 4.72 Å². The molecule has 2 aromatic rings. The van der Waals surface area contributed by atoms with Crippen molar-refractivity contribution in [3.63, 3.8) is 0 Å². The summed E-state index contributed by atoms with van der Waals surface area (Å²) in [7, 11) is -3.57. The van der Waals surface area contributed by atoms with Crippen LogP contribution in [0.15, 0.2) is 53.4 Å². The zero-order valence-corrected chi connectivity index (χ0v) is 13.4. The normalized spacial score (nSPS) is 11.3. The summed E-state index contributed by atoms with van der Waals surface area (Å²) in [5, 5.41) is 0.509. The molecule has 0 spiro atoms. The quantitative estimate of drug-likeness (QED) is 0.851. The van der Waals surface area contributed by atoms with Crippen molar-refractivity contribution in [2.45, 2.75) is 31.1 Å². The Hall–Kier alpha value is -1.52. The second kappa shape index (κ2) is 6.96. The fourth-order valence-corrected chi connectivity index (χ4v) is 3.13. The molecule has 0 aliphatic rings. The number of halogens is 1. The molecule has 0 atom stereocenters. The largest absolute Gasteiger partial charge is 0.280 e. The van der Waals surface area contributed by atoms with Crippen LogP contribution in [0, 0.1) is 0 Å². The molecule has 0 amide bonds. The van der Waals surface area contributed by atoms with Crippen LogP contribution < -0.4 is 4.72 Å². The van der Waals surface area contributed by atoms with Crippen molar-refractivity contribution in [1.29, 1.82) is 0 Å². The first-order valence-electron chi connectivity index (χ1n) is 6.88. The predicted octanol–water partition coefficient (Wildman–Crippen LogP) is 4.48. The van der Waals surface area contributed by atoms with Gasteiger partial charge in [0.05, 0.1) is 4.90 Å². The topological polar surface area (TPSA) is 46.2 Å². The van der Waals surface area contributed by atoms with Crippen LogP contribution in [0.25, 0.3) is 0 Å². The Morgan fingerprint density at radius 3 is 2.19 bits per heavy atom. The van der Waals surface area contributed by atoms with Gasteiger partial charge in [-0.15, -0.1) is 0 Å². The van der Waals surface area contributed by atoms with Gasteiger partial charge in [-0.1, -0.05) is 37.1 Å². The predicted molar refractivity (Wildman–Crippen MR) is 87.3 cm³/mol. The fraction of sp³-hybridized carbons (Fsp3) is 0.250. The van der Waals surface area contributed by atoms with Crippen LogP contribution in [0.3, 0.4) is 0 Å². The first-order valence-corrected chi connectivity index (χ1v) is 8.75. The minimum atomic E-state index is -3.57. The van der Waals surface area contributed by atoms with Gasteiger partial charge in [-0.05, 0) is 54.8 Å². The van der Waals surface area contributed by atoms with E-state index in [1.807, 2.05) is 12.1 Å². The Balaban J connectivity index is 2.11. The fourth-order valence-electron chi connectivity index (χ4n) is 1.95. The Labute approximate surface area is 131 Å². The van der Waals surface area contributed by atoms with Crippen molar-refractivity contribution in [2.24, 2.45) is 0 Å². The Morgan fingerprint density at radius 2 is 1.62 bits per heavy atom. The van der Waals surface area contributed by atoms with Crippen molar-refractivity contribution >= 4 is 27.3 Å². The maximum Gasteiger partial charge on any atom is 0.261 e. The van der Waals surface area contributed by atoms with Crippen LogP contribution in [-0.4, -0.2) is 8.42 Å². The standard InChI is InChI=1S/C16H18ClNO2S/c1-2-3-4-13-5-9-15(10-6-13)18-21(19,20)16-11-7-14(17)8-12-16/h5-12,18H,2-4H2,1H3. The van der Waals surface area contributed by atoms with Crippen LogP contribution >= 0.6 is 11.6 Å². The first-order chi connectivity index (χ1) is 10.0. The van der Waals surface area contributed by atoms with Gasteiger partial charge in [0.25, 0.3) is 10.0 Å². The highest BCUT2D eigenvalue weighted by molar-refractivity contribution is 7.92. The number of sulfonamides is 1. The van der Waals surface area contributed by atoms with Gasteiger partial charge >= 0.3 is 0 Å². The van der Waals surface area contributed by atoms with E-state index in [0.717, 1.165) is 19.3 Å². The summed E-state index contributed by atoms with van der Waals surface area (Å²) in [6, 6.07) is 13.6. The molecule has 112 valence electrons. The average molecular weight is 324 g/mol. The van der Waals surface area contributed by atoms with E-state index < -0.39 is 10.0 Å². The maximum atomic E-state index is 12.2. The molecule has 1 N–H and O–H groups in total. The molecule has 0 heterocycles. The third kappa shape index (κ3) is 4.48. The van der Waals surface area contributed by atoms with E-state index in [0.29, 0.717) is 10.7 Å². The molecular weight excluding hydrogens is 306 g/mol. The van der Waals surface area contributed by atoms with E-state index >= 15 is 0 Å². The lowest BCUT2D eigenvalue weighted by Crippen LogP contribution is -2.12. The van der Waals surface area contributed by atoms with Crippen LogP contribution in [-0.2, 0) is 16.4 Å². The lowest BCUT2D eigenvalue weighted by molar-refractivity contribution is 0.601. The third-order valence-corrected chi connectivity index (χ3v) is 4.80. The molecule has 5 heteroatoms. The number of unbranched alkanes of at least 4 members (excludes halogenated alkanes) is 1. The summed E-state index contributed by atoms with van der Waals surface area (Å²) in [5.41, 5.74) is 1.77. The molecule has 0 radical (unpaired) electrons. The minimum absolute atomic E-state index is 0.196. The van der Waals surface area contributed by atoms with Gasteiger partial charge in [0, 0.05) is 10.7 Å². The Kier molecular flexibility index (Phi) is 5.26. The molecule has 0 aliphatic heterocycles. The molecule has 2 aromatic carbocycles. The second-order valence-corrected chi connectivity index (χ2v) is 6.98. The Morgan fingerprint density at radius 1 is 1.00 bits per heavy atom. The monoisotopic (exact) mass is 323 g/mol. The molecule has 21 heavy (non-hydrogen) atoms. The van der Waals surface area contributed by atoms with E-state index in [2.05, 4.69) is 11.6 Å². The van der Waals surface area contributed by atoms with Gasteiger partial charge in [0.15, 0.2) is 0 Å². The molecule has 0 bridgehead atoms. The highest BCUT2D eigenvalue weighted by atomic mass is 35.5. The van der Waals surface area contributed by atoms with E-state index in [1.54, 1.807) is 24.3 Å². The molecule has 2 rings (SSSR count). The molecule has 0 aliphatic carbocycles. The maximum absolute atomic E-state index is 12.2. The summed E-state index contributed by atoms with van der Waals surface area (Å²) >= 11 is 5.77.